The molecular weight excluding hydrogens is 270 g/mol. The Bertz CT molecular complexity index is 522. The van der Waals surface area contributed by atoms with Gasteiger partial charge in [-0.15, -0.1) is 10.2 Å². The van der Waals surface area contributed by atoms with E-state index in [4.69, 9.17) is 4.74 Å². The molecule has 0 unspecified atom stereocenters. The number of nitrogens with one attached hydrogen (secondary N) is 1. The minimum absolute atomic E-state index is 0.647. The van der Waals surface area contributed by atoms with Gasteiger partial charge in [0.2, 0.25) is 0 Å². The number of hydrogen-bond donors (Lipinski definition) is 1. The van der Waals surface area contributed by atoms with Crippen molar-refractivity contribution in [1.82, 2.24) is 15.5 Å². The van der Waals surface area contributed by atoms with Crippen LogP contribution in [0.2, 0.25) is 0 Å². The lowest BCUT2D eigenvalue weighted by Gasteiger charge is -2.04. The molecule has 2 rings (SSSR count). The normalized spacial score (nSPS) is 11.0. The van der Waals surface area contributed by atoms with Crippen molar-refractivity contribution in [2.24, 2.45) is 5.92 Å². The average molecular weight is 291 g/mol. The van der Waals surface area contributed by atoms with E-state index in [1.165, 1.54) is 0 Å². The molecule has 0 radical (unpaired) electrons. The number of benzene rings is 1. The van der Waals surface area contributed by atoms with E-state index in [2.05, 4.69) is 29.4 Å². The third-order valence-electron chi connectivity index (χ3n) is 2.71. The molecule has 0 atom stereocenters. The third-order valence-corrected chi connectivity index (χ3v) is 3.68. The second-order valence-electron chi connectivity index (χ2n) is 4.98. The molecule has 1 aromatic heterocycles. The molecule has 5 heteroatoms. The molecule has 1 aromatic carbocycles. The summed E-state index contributed by atoms with van der Waals surface area (Å²) in [5, 5.41) is 13.8. The van der Waals surface area contributed by atoms with Gasteiger partial charge in [0.05, 0.1) is 6.61 Å². The summed E-state index contributed by atoms with van der Waals surface area (Å²) in [4.78, 5) is 0. The van der Waals surface area contributed by atoms with Gasteiger partial charge in [-0.2, -0.15) is 0 Å². The Morgan fingerprint density at radius 1 is 1.20 bits per heavy atom. The first-order chi connectivity index (χ1) is 9.69. The summed E-state index contributed by atoms with van der Waals surface area (Å²) < 4.78 is 5.43. The summed E-state index contributed by atoms with van der Waals surface area (Å²) in [5.74, 6) is 1.54. The SMILES string of the molecule is CCOc1ccc(-c2nnc(CNCC(C)C)s2)cc1. The summed E-state index contributed by atoms with van der Waals surface area (Å²) >= 11 is 1.63. The molecule has 0 amide bonds. The zero-order chi connectivity index (χ0) is 14.4. The van der Waals surface area contributed by atoms with Crippen molar-refractivity contribution in [1.29, 1.82) is 0 Å². The fourth-order valence-electron chi connectivity index (χ4n) is 1.77. The summed E-state index contributed by atoms with van der Waals surface area (Å²) in [7, 11) is 0. The van der Waals surface area contributed by atoms with E-state index in [1.807, 2.05) is 31.2 Å². The quantitative estimate of drug-likeness (QED) is 0.850. The zero-order valence-electron chi connectivity index (χ0n) is 12.2. The van der Waals surface area contributed by atoms with Crippen LogP contribution in [-0.4, -0.2) is 23.3 Å². The predicted molar refractivity (Wildman–Crippen MR) is 83.1 cm³/mol. The fraction of sp³-hybridized carbons (Fsp3) is 0.467. The van der Waals surface area contributed by atoms with Crippen molar-refractivity contribution in [2.75, 3.05) is 13.2 Å². The Morgan fingerprint density at radius 2 is 1.95 bits per heavy atom. The van der Waals surface area contributed by atoms with Crippen LogP contribution in [0.4, 0.5) is 0 Å². The number of aromatic nitrogens is 2. The first-order valence-electron chi connectivity index (χ1n) is 6.95. The van der Waals surface area contributed by atoms with E-state index in [0.29, 0.717) is 12.5 Å². The first kappa shape index (κ1) is 14.9. The maximum absolute atomic E-state index is 5.43. The van der Waals surface area contributed by atoms with Gasteiger partial charge in [-0.3, -0.25) is 0 Å². The van der Waals surface area contributed by atoms with Gasteiger partial charge in [0.15, 0.2) is 0 Å². The Hall–Kier alpha value is -1.46. The Labute approximate surface area is 124 Å². The summed E-state index contributed by atoms with van der Waals surface area (Å²) in [6.45, 7) is 8.83. The van der Waals surface area contributed by atoms with Crippen LogP contribution in [0.15, 0.2) is 24.3 Å². The number of nitrogens with zero attached hydrogens (tertiary/aromatic N) is 2. The van der Waals surface area contributed by atoms with Crippen LogP contribution in [0.25, 0.3) is 10.6 Å². The minimum Gasteiger partial charge on any atom is -0.494 e. The highest BCUT2D eigenvalue weighted by molar-refractivity contribution is 7.14. The van der Waals surface area contributed by atoms with Gasteiger partial charge in [0.1, 0.15) is 15.8 Å². The second-order valence-corrected chi connectivity index (χ2v) is 6.05. The van der Waals surface area contributed by atoms with E-state index in [9.17, 15) is 0 Å². The highest BCUT2D eigenvalue weighted by atomic mass is 32.1. The van der Waals surface area contributed by atoms with E-state index in [1.54, 1.807) is 11.3 Å². The van der Waals surface area contributed by atoms with Gasteiger partial charge < -0.3 is 10.1 Å². The highest BCUT2D eigenvalue weighted by Crippen LogP contribution is 2.25. The molecule has 0 saturated heterocycles. The molecule has 4 nitrogen and oxygen atoms in total. The van der Waals surface area contributed by atoms with Gasteiger partial charge in [-0.1, -0.05) is 25.2 Å². The van der Waals surface area contributed by atoms with E-state index in [0.717, 1.165) is 34.4 Å². The molecule has 1 N–H and O–H groups in total. The van der Waals surface area contributed by atoms with Crippen molar-refractivity contribution < 1.29 is 4.74 Å². The van der Waals surface area contributed by atoms with Gasteiger partial charge in [-0.25, -0.2) is 0 Å². The maximum Gasteiger partial charge on any atom is 0.147 e. The lowest BCUT2D eigenvalue weighted by Crippen LogP contribution is -2.18. The standard InChI is InChI=1S/C15H21N3OS/c1-4-19-13-7-5-12(6-8-13)15-18-17-14(20-15)10-16-9-11(2)3/h5-8,11,16H,4,9-10H2,1-3H3. The summed E-state index contributed by atoms with van der Waals surface area (Å²) in [6.07, 6.45) is 0. The smallest absolute Gasteiger partial charge is 0.147 e. The monoisotopic (exact) mass is 291 g/mol. The molecular formula is C15H21N3OS. The summed E-state index contributed by atoms with van der Waals surface area (Å²) in [6, 6.07) is 7.99. The maximum atomic E-state index is 5.43. The van der Waals surface area contributed by atoms with E-state index >= 15 is 0 Å². The van der Waals surface area contributed by atoms with Crippen LogP contribution in [-0.2, 0) is 6.54 Å². The zero-order valence-corrected chi connectivity index (χ0v) is 13.0. The van der Waals surface area contributed by atoms with Crippen LogP contribution in [0, 0.1) is 5.92 Å². The van der Waals surface area contributed by atoms with Gasteiger partial charge in [-0.05, 0) is 43.7 Å². The van der Waals surface area contributed by atoms with Crippen LogP contribution in [0.5, 0.6) is 5.75 Å². The molecule has 2 aromatic rings. The van der Waals surface area contributed by atoms with Gasteiger partial charge in [0, 0.05) is 12.1 Å². The molecule has 1 heterocycles. The average Bonchev–Trinajstić information content (AvgIpc) is 2.88. The third kappa shape index (κ3) is 4.28. The predicted octanol–water partition coefficient (Wildman–Crippen LogP) is 3.35. The molecule has 0 aliphatic heterocycles. The molecule has 0 aliphatic rings. The first-order valence-corrected chi connectivity index (χ1v) is 7.77. The molecule has 0 spiro atoms. The lowest BCUT2D eigenvalue weighted by atomic mass is 10.2. The van der Waals surface area contributed by atoms with Crippen LogP contribution in [0.3, 0.4) is 0 Å². The largest absolute Gasteiger partial charge is 0.494 e. The van der Waals surface area contributed by atoms with Crippen molar-refractivity contribution >= 4 is 11.3 Å². The number of rotatable bonds is 7. The fourth-order valence-corrected chi connectivity index (χ4v) is 2.58. The van der Waals surface area contributed by atoms with Crippen molar-refractivity contribution in [3.05, 3.63) is 29.3 Å². The lowest BCUT2D eigenvalue weighted by molar-refractivity contribution is 0.340. The molecule has 0 saturated carbocycles. The molecule has 20 heavy (non-hydrogen) atoms. The van der Waals surface area contributed by atoms with Crippen molar-refractivity contribution in [3.63, 3.8) is 0 Å². The van der Waals surface area contributed by atoms with Gasteiger partial charge >= 0.3 is 0 Å². The van der Waals surface area contributed by atoms with Crippen LogP contribution < -0.4 is 10.1 Å². The molecule has 108 valence electrons. The van der Waals surface area contributed by atoms with Gasteiger partial charge in [0.25, 0.3) is 0 Å². The molecule has 0 aliphatic carbocycles. The molecule has 0 fully saturated rings. The Balaban J connectivity index is 1.97. The van der Waals surface area contributed by atoms with E-state index < -0.39 is 0 Å². The molecule has 0 bridgehead atoms. The van der Waals surface area contributed by atoms with Crippen LogP contribution >= 0.6 is 11.3 Å². The van der Waals surface area contributed by atoms with E-state index in [-0.39, 0.29) is 0 Å². The number of hydrogen-bond acceptors (Lipinski definition) is 5. The highest BCUT2D eigenvalue weighted by Gasteiger charge is 2.07. The van der Waals surface area contributed by atoms with Crippen molar-refractivity contribution in [3.8, 4) is 16.3 Å². The Morgan fingerprint density at radius 3 is 2.60 bits per heavy atom. The number of ether oxygens (including phenoxy) is 1. The van der Waals surface area contributed by atoms with Crippen LogP contribution in [0.1, 0.15) is 25.8 Å². The summed E-state index contributed by atoms with van der Waals surface area (Å²) in [5.41, 5.74) is 1.08. The minimum atomic E-state index is 0.647. The topological polar surface area (TPSA) is 47.0 Å². The van der Waals surface area contributed by atoms with Crippen molar-refractivity contribution in [2.45, 2.75) is 27.3 Å². The second kappa shape index (κ2) is 7.36. The Kier molecular flexibility index (Phi) is 5.49.